The molecule has 1 heterocycles. The first-order valence-electron chi connectivity index (χ1n) is 8.06. The van der Waals surface area contributed by atoms with Crippen LogP contribution in [0.3, 0.4) is 0 Å². The zero-order valence-electron chi connectivity index (χ0n) is 13.0. The lowest BCUT2D eigenvalue weighted by Gasteiger charge is -2.33. The third-order valence-corrected chi connectivity index (χ3v) is 4.49. The Balaban J connectivity index is 1.83. The van der Waals surface area contributed by atoms with Gasteiger partial charge in [-0.05, 0) is 32.6 Å². The largest absolute Gasteiger partial charge is 0.480 e. The van der Waals surface area contributed by atoms with Crippen LogP contribution in [-0.2, 0) is 9.59 Å². The van der Waals surface area contributed by atoms with Crippen molar-refractivity contribution >= 4 is 17.9 Å². The Morgan fingerprint density at radius 3 is 2.45 bits per heavy atom. The third-order valence-electron chi connectivity index (χ3n) is 4.49. The molecule has 3 amide bonds. The highest BCUT2D eigenvalue weighted by atomic mass is 16.4. The van der Waals surface area contributed by atoms with Crippen LogP contribution in [0.4, 0.5) is 4.79 Å². The fourth-order valence-electron chi connectivity index (χ4n) is 3.10. The molecule has 0 radical (unpaired) electrons. The number of amides is 3. The van der Waals surface area contributed by atoms with Crippen molar-refractivity contribution in [1.29, 1.82) is 0 Å². The number of carboxylic acid groups (broad SMARTS) is 1. The van der Waals surface area contributed by atoms with E-state index in [1.54, 1.807) is 4.90 Å². The van der Waals surface area contributed by atoms with Gasteiger partial charge in [-0.25, -0.2) is 4.79 Å². The second kappa shape index (κ2) is 7.47. The van der Waals surface area contributed by atoms with E-state index >= 15 is 0 Å². The minimum atomic E-state index is -1.06. The molecular formula is C15H25N3O4. The Morgan fingerprint density at radius 2 is 1.82 bits per heavy atom. The molecule has 124 valence electrons. The number of aliphatic carboxylic acids is 1. The number of carbonyl (C=O) groups is 3. The molecule has 2 aliphatic rings. The van der Waals surface area contributed by atoms with Crippen molar-refractivity contribution in [3.8, 4) is 0 Å². The van der Waals surface area contributed by atoms with E-state index in [0.717, 1.165) is 32.1 Å². The Hall–Kier alpha value is -1.79. The first-order valence-corrected chi connectivity index (χ1v) is 8.06. The maximum atomic E-state index is 12.2. The summed E-state index contributed by atoms with van der Waals surface area (Å²) in [6.45, 7) is 2.45. The van der Waals surface area contributed by atoms with E-state index in [1.807, 2.05) is 0 Å². The molecular weight excluding hydrogens is 286 g/mol. The highest BCUT2D eigenvalue weighted by Gasteiger charge is 2.30. The van der Waals surface area contributed by atoms with Crippen LogP contribution in [0.2, 0.25) is 0 Å². The number of piperidine rings is 1. The van der Waals surface area contributed by atoms with E-state index < -0.39 is 12.0 Å². The lowest BCUT2D eigenvalue weighted by atomic mass is 9.97. The third kappa shape index (κ3) is 4.35. The fraction of sp³-hybridized carbons (Fsp3) is 0.800. The molecule has 22 heavy (non-hydrogen) atoms. The molecule has 3 N–H and O–H groups in total. The topological polar surface area (TPSA) is 98.7 Å². The normalized spacial score (nSPS) is 23.9. The van der Waals surface area contributed by atoms with Gasteiger partial charge >= 0.3 is 12.0 Å². The Labute approximate surface area is 130 Å². The monoisotopic (exact) mass is 311 g/mol. The van der Waals surface area contributed by atoms with Crippen molar-refractivity contribution in [3.63, 3.8) is 0 Å². The van der Waals surface area contributed by atoms with Crippen LogP contribution in [0.25, 0.3) is 0 Å². The molecule has 1 aliphatic heterocycles. The summed E-state index contributed by atoms with van der Waals surface area (Å²) in [5.74, 6) is -1.67. The smallest absolute Gasteiger partial charge is 0.325 e. The van der Waals surface area contributed by atoms with Crippen LogP contribution in [-0.4, -0.2) is 53.1 Å². The van der Waals surface area contributed by atoms with Gasteiger partial charge in [-0.1, -0.05) is 12.8 Å². The first kappa shape index (κ1) is 16.6. The predicted molar refractivity (Wildman–Crippen MR) is 80.3 cm³/mol. The number of carbonyl (C=O) groups excluding carboxylic acids is 2. The summed E-state index contributed by atoms with van der Waals surface area (Å²) in [6, 6.07) is -0.750. The number of nitrogens with zero attached hydrogens (tertiary/aromatic N) is 1. The standard InChI is InChI=1S/C15H25N3O4/c1-10(14(20)21)16-13(19)11-5-4-8-18(9-11)15(22)17-12-6-2-3-7-12/h10-12H,2-9H2,1H3,(H,16,19)(H,17,22)(H,20,21). The second-order valence-corrected chi connectivity index (χ2v) is 6.28. The molecule has 0 aromatic rings. The quantitative estimate of drug-likeness (QED) is 0.719. The molecule has 0 bridgehead atoms. The van der Waals surface area contributed by atoms with Crippen molar-refractivity contribution in [3.05, 3.63) is 0 Å². The minimum absolute atomic E-state index is 0.101. The maximum Gasteiger partial charge on any atom is 0.325 e. The number of rotatable bonds is 4. The number of likely N-dealkylation sites (tertiary alicyclic amines) is 1. The average Bonchev–Trinajstić information content (AvgIpc) is 3.00. The first-order chi connectivity index (χ1) is 10.5. The highest BCUT2D eigenvalue weighted by molar-refractivity contribution is 5.85. The summed E-state index contributed by atoms with van der Waals surface area (Å²) in [5, 5.41) is 14.4. The molecule has 2 unspecified atom stereocenters. The molecule has 7 heteroatoms. The molecule has 7 nitrogen and oxygen atoms in total. The molecule has 1 saturated carbocycles. The van der Waals surface area contributed by atoms with Crippen molar-refractivity contribution in [2.75, 3.05) is 13.1 Å². The minimum Gasteiger partial charge on any atom is -0.480 e. The van der Waals surface area contributed by atoms with Crippen molar-refractivity contribution in [1.82, 2.24) is 15.5 Å². The highest BCUT2D eigenvalue weighted by Crippen LogP contribution is 2.20. The predicted octanol–water partition coefficient (Wildman–Crippen LogP) is 0.940. The van der Waals surface area contributed by atoms with E-state index in [-0.39, 0.29) is 23.9 Å². The fourth-order valence-corrected chi connectivity index (χ4v) is 3.10. The molecule has 0 spiro atoms. The summed E-state index contributed by atoms with van der Waals surface area (Å²) in [7, 11) is 0. The molecule has 2 atom stereocenters. The van der Waals surface area contributed by atoms with Gasteiger partial charge in [-0.15, -0.1) is 0 Å². The van der Waals surface area contributed by atoms with Crippen LogP contribution < -0.4 is 10.6 Å². The number of carboxylic acids is 1. The Morgan fingerprint density at radius 1 is 1.14 bits per heavy atom. The van der Waals surface area contributed by atoms with E-state index in [0.29, 0.717) is 19.5 Å². The van der Waals surface area contributed by atoms with Crippen LogP contribution in [0, 0.1) is 5.92 Å². The Bertz CT molecular complexity index is 435. The number of hydrogen-bond donors (Lipinski definition) is 3. The van der Waals surface area contributed by atoms with E-state index in [2.05, 4.69) is 10.6 Å². The van der Waals surface area contributed by atoms with E-state index in [1.165, 1.54) is 6.92 Å². The van der Waals surface area contributed by atoms with Crippen molar-refractivity contribution in [2.45, 2.75) is 57.5 Å². The summed E-state index contributed by atoms with van der Waals surface area (Å²) in [5.41, 5.74) is 0. The summed E-state index contributed by atoms with van der Waals surface area (Å²) < 4.78 is 0. The van der Waals surface area contributed by atoms with Gasteiger partial charge in [-0.2, -0.15) is 0 Å². The lowest BCUT2D eigenvalue weighted by molar-refractivity contribution is -0.142. The molecule has 0 aromatic heterocycles. The zero-order chi connectivity index (χ0) is 16.1. The zero-order valence-corrected chi connectivity index (χ0v) is 13.0. The molecule has 1 saturated heterocycles. The van der Waals surface area contributed by atoms with Gasteiger partial charge in [0.2, 0.25) is 5.91 Å². The van der Waals surface area contributed by atoms with E-state index in [9.17, 15) is 14.4 Å². The van der Waals surface area contributed by atoms with Gasteiger partial charge in [0.1, 0.15) is 6.04 Å². The lowest BCUT2D eigenvalue weighted by Crippen LogP contribution is -2.52. The SMILES string of the molecule is CC(NC(=O)C1CCCN(C(=O)NC2CCCC2)C1)C(=O)O. The second-order valence-electron chi connectivity index (χ2n) is 6.28. The van der Waals surface area contributed by atoms with Gasteiger partial charge in [0, 0.05) is 19.1 Å². The van der Waals surface area contributed by atoms with Crippen molar-refractivity contribution in [2.24, 2.45) is 5.92 Å². The van der Waals surface area contributed by atoms with Crippen LogP contribution in [0.15, 0.2) is 0 Å². The molecule has 2 fully saturated rings. The number of urea groups is 1. The van der Waals surface area contributed by atoms with Gasteiger partial charge < -0.3 is 20.6 Å². The van der Waals surface area contributed by atoms with Crippen molar-refractivity contribution < 1.29 is 19.5 Å². The van der Waals surface area contributed by atoms with Gasteiger partial charge in [-0.3, -0.25) is 9.59 Å². The van der Waals surface area contributed by atoms with Gasteiger partial charge in [0.25, 0.3) is 0 Å². The summed E-state index contributed by atoms with van der Waals surface area (Å²) in [6.07, 6.45) is 5.81. The molecule has 1 aliphatic carbocycles. The van der Waals surface area contributed by atoms with Crippen LogP contribution in [0.1, 0.15) is 45.4 Å². The Kier molecular flexibility index (Phi) is 5.63. The van der Waals surface area contributed by atoms with Gasteiger partial charge in [0.05, 0.1) is 5.92 Å². The van der Waals surface area contributed by atoms with Gasteiger partial charge in [0.15, 0.2) is 0 Å². The number of hydrogen-bond acceptors (Lipinski definition) is 3. The van der Waals surface area contributed by atoms with Crippen LogP contribution in [0.5, 0.6) is 0 Å². The molecule has 2 rings (SSSR count). The average molecular weight is 311 g/mol. The number of nitrogens with one attached hydrogen (secondary N) is 2. The maximum absolute atomic E-state index is 12.2. The summed E-state index contributed by atoms with van der Waals surface area (Å²) >= 11 is 0. The summed E-state index contributed by atoms with van der Waals surface area (Å²) in [4.78, 5) is 36.8. The molecule has 0 aromatic carbocycles. The van der Waals surface area contributed by atoms with Crippen LogP contribution >= 0.6 is 0 Å². The van der Waals surface area contributed by atoms with E-state index in [4.69, 9.17) is 5.11 Å².